The number of ether oxygens (including phenoxy) is 1. The van der Waals surface area contributed by atoms with Crippen LogP contribution < -0.4 is 10.5 Å². The molecule has 0 amide bonds. The zero-order chi connectivity index (χ0) is 13.1. The van der Waals surface area contributed by atoms with Gasteiger partial charge < -0.3 is 15.6 Å². The Bertz CT molecular complexity index is 379. The fourth-order valence-corrected chi connectivity index (χ4v) is 1.61. The highest BCUT2D eigenvalue weighted by molar-refractivity contribution is 5.43. The number of aromatic hydroxyl groups is 1. The molecule has 96 valence electrons. The lowest BCUT2D eigenvalue weighted by atomic mass is 9.95. The average Bonchev–Trinajstić information content (AvgIpc) is 2.24. The van der Waals surface area contributed by atoms with Crippen LogP contribution in [0.5, 0.6) is 11.5 Å². The molecule has 0 saturated carbocycles. The van der Waals surface area contributed by atoms with Crippen LogP contribution in [0, 0.1) is 0 Å². The minimum Gasteiger partial charge on any atom is -0.504 e. The molecule has 0 aliphatic heterocycles. The van der Waals surface area contributed by atoms with E-state index in [0.717, 1.165) is 6.07 Å². The van der Waals surface area contributed by atoms with E-state index >= 15 is 0 Å². The first-order valence-electron chi connectivity index (χ1n) is 5.03. The molecule has 0 bridgehead atoms. The number of phenols is 1. The quantitative estimate of drug-likeness (QED) is 0.861. The first-order chi connectivity index (χ1) is 7.90. The first-order valence-corrected chi connectivity index (χ1v) is 5.03. The number of hydrogen-bond donors (Lipinski definition) is 2. The number of alkyl halides is 3. The lowest BCUT2D eigenvalue weighted by Gasteiger charge is -2.20. The Hall–Kier alpha value is -1.43. The third-order valence-electron chi connectivity index (χ3n) is 2.46. The van der Waals surface area contributed by atoms with Crippen molar-refractivity contribution in [2.24, 2.45) is 5.73 Å². The molecule has 3 N–H and O–H groups in total. The Morgan fingerprint density at radius 1 is 1.41 bits per heavy atom. The molecule has 17 heavy (non-hydrogen) atoms. The van der Waals surface area contributed by atoms with Crippen molar-refractivity contribution in [2.75, 3.05) is 13.7 Å². The summed E-state index contributed by atoms with van der Waals surface area (Å²) in [4.78, 5) is 0. The third-order valence-corrected chi connectivity index (χ3v) is 2.46. The number of halogens is 3. The van der Waals surface area contributed by atoms with Gasteiger partial charge in [0.15, 0.2) is 11.5 Å². The van der Waals surface area contributed by atoms with Crippen molar-refractivity contribution in [1.82, 2.24) is 0 Å². The van der Waals surface area contributed by atoms with Crippen LogP contribution in [0.1, 0.15) is 17.9 Å². The Labute approximate surface area is 97.0 Å². The van der Waals surface area contributed by atoms with Gasteiger partial charge in [0.2, 0.25) is 0 Å². The maximum absolute atomic E-state index is 12.7. The van der Waals surface area contributed by atoms with Gasteiger partial charge in [-0.15, -0.1) is 0 Å². The minimum atomic E-state index is -4.37. The van der Waals surface area contributed by atoms with Crippen molar-refractivity contribution >= 4 is 0 Å². The summed E-state index contributed by atoms with van der Waals surface area (Å²) in [5.74, 6) is -1.83. The van der Waals surface area contributed by atoms with E-state index < -0.39 is 12.1 Å². The molecular weight excluding hydrogens is 235 g/mol. The monoisotopic (exact) mass is 249 g/mol. The second kappa shape index (κ2) is 5.27. The Morgan fingerprint density at radius 3 is 2.47 bits per heavy atom. The largest absolute Gasteiger partial charge is 0.504 e. The molecule has 1 atom stereocenters. The summed E-state index contributed by atoms with van der Waals surface area (Å²) in [6, 6.07) is 3.65. The molecule has 0 saturated heterocycles. The molecule has 0 spiro atoms. The van der Waals surface area contributed by atoms with E-state index in [9.17, 15) is 18.3 Å². The van der Waals surface area contributed by atoms with Crippen molar-refractivity contribution in [2.45, 2.75) is 18.5 Å². The van der Waals surface area contributed by atoms with Crippen LogP contribution in [-0.2, 0) is 0 Å². The lowest BCUT2D eigenvalue weighted by molar-refractivity contribution is -0.151. The summed E-state index contributed by atoms with van der Waals surface area (Å²) < 4.78 is 43.0. The highest BCUT2D eigenvalue weighted by Crippen LogP contribution is 2.39. The van der Waals surface area contributed by atoms with Crippen LogP contribution in [0.25, 0.3) is 0 Å². The van der Waals surface area contributed by atoms with E-state index in [0.29, 0.717) is 0 Å². The van der Waals surface area contributed by atoms with Crippen molar-refractivity contribution in [3.8, 4) is 11.5 Å². The molecule has 0 aliphatic carbocycles. The van der Waals surface area contributed by atoms with Gasteiger partial charge in [0.25, 0.3) is 0 Å². The lowest BCUT2D eigenvalue weighted by Crippen LogP contribution is -2.23. The standard InChI is InChI=1S/C11H14F3NO2/c1-17-10-3-2-7(6-9(10)16)8(4-5-15)11(12,13)14/h2-3,6,8,16H,4-5,15H2,1H3. The summed E-state index contributed by atoms with van der Waals surface area (Å²) in [5, 5.41) is 9.45. The van der Waals surface area contributed by atoms with E-state index in [4.69, 9.17) is 10.5 Å². The van der Waals surface area contributed by atoms with Crippen molar-refractivity contribution < 1.29 is 23.0 Å². The van der Waals surface area contributed by atoms with Crippen molar-refractivity contribution in [3.63, 3.8) is 0 Å². The van der Waals surface area contributed by atoms with Gasteiger partial charge in [0, 0.05) is 0 Å². The molecule has 0 aromatic heterocycles. The normalized spacial score (nSPS) is 13.5. The summed E-state index contributed by atoms with van der Waals surface area (Å²) >= 11 is 0. The summed E-state index contributed by atoms with van der Waals surface area (Å²) in [6.45, 7) is -0.0725. The summed E-state index contributed by atoms with van der Waals surface area (Å²) in [7, 11) is 1.33. The van der Waals surface area contributed by atoms with E-state index in [1.54, 1.807) is 0 Å². The molecule has 0 heterocycles. The van der Waals surface area contributed by atoms with E-state index in [-0.39, 0.29) is 30.0 Å². The first kappa shape index (κ1) is 13.6. The predicted octanol–water partition coefficient (Wildman–Crippen LogP) is 2.40. The minimum absolute atomic E-state index is 0.0127. The number of rotatable bonds is 4. The molecule has 3 nitrogen and oxygen atoms in total. The van der Waals surface area contributed by atoms with Crippen LogP contribution >= 0.6 is 0 Å². The zero-order valence-corrected chi connectivity index (χ0v) is 9.29. The summed E-state index contributed by atoms with van der Waals surface area (Å²) in [5.41, 5.74) is 5.16. The molecule has 1 aromatic rings. The van der Waals surface area contributed by atoms with Crippen LogP contribution in [-0.4, -0.2) is 24.9 Å². The number of phenolic OH excluding ortho intramolecular Hbond substituents is 1. The van der Waals surface area contributed by atoms with E-state index in [1.165, 1.54) is 19.2 Å². The highest BCUT2D eigenvalue weighted by Gasteiger charge is 2.40. The topological polar surface area (TPSA) is 55.5 Å². The second-order valence-electron chi connectivity index (χ2n) is 3.60. The number of hydrogen-bond acceptors (Lipinski definition) is 3. The van der Waals surface area contributed by atoms with Gasteiger partial charge in [-0.2, -0.15) is 13.2 Å². The Morgan fingerprint density at radius 2 is 2.06 bits per heavy atom. The summed E-state index contributed by atoms with van der Waals surface area (Å²) in [6.07, 6.45) is -4.59. The molecule has 1 aromatic carbocycles. The van der Waals surface area contributed by atoms with Crippen molar-refractivity contribution in [3.05, 3.63) is 23.8 Å². The van der Waals surface area contributed by atoms with Crippen LogP contribution in [0.4, 0.5) is 13.2 Å². The molecule has 1 rings (SSSR count). The Balaban J connectivity index is 3.07. The molecule has 0 aliphatic rings. The fraction of sp³-hybridized carbons (Fsp3) is 0.455. The number of benzene rings is 1. The smallest absolute Gasteiger partial charge is 0.395 e. The number of methoxy groups -OCH3 is 1. The zero-order valence-electron chi connectivity index (χ0n) is 9.29. The predicted molar refractivity (Wildman–Crippen MR) is 57.1 cm³/mol. The van der Waals surface area contributed by atoms with Crippen molar-refractivity contribution in [1.29, 1.82) is 0 Å². The average molecular weight is 249 g/mol. The third kappa shape index (κ3) is 3.26. The fourth-order valence-electron chi connectivity index (χ4n) is 1.61. The highest BCUT2D eigenvalue weighted by atomic mass is 19.4. The van der Waals surface area contributed by atoms with Gasteiger partial charge >= 0.3 is 6.18 Å². The van der Waals surface area contributed by atoms with E-state index in [1.807, 2.05) is 0 Å². The maximum Gasteiger partial charge on any atom is 0.395 e. The van der Waals surface area contributed by atoms with Gasteiger partial charge in [0.05, 0.1) is 13.0 Å². The van der Waals surface area contributed by atoms with E-state index in [2.05, 4.69) is 0 Å². The molecule has 1 unspecified atom stereocenters. The molecule has 0 fully saturated rings. The van der Waals surface area contributed by atoms with Crippen LogP contribution in [0.2, 0.25) is 0 Å². The van der Waals surface area contributed by atoms with Gasteiger partial charge in [-0.05, 0) is 30.7 Å². The maximum atomic E-state index is 12.7. The molecule has 6 heteroatoms. The van der Waals surface area contributed by atoms with Gasteiger partial charge in [-0.3, -0.25) is 0 Å². The van der Waals surface area contributed by atoms with Gasteiger partial charge in [0.1, 0.15) is 0 Å². The van der Waals surface area contributed by atoms with Gasteiger partial charge in [-0.25, -0.2) is 0 Å². The molecular formula is C11H14F3NO2. The van der Waals surface area contributed by atoms with Gasteiger partial charge in [-0.1, -0.05) is 6.07 Å². The van der Waals surface area contributed by atoms with Crippen LogP contribution in [0.3, 0.4) is 0 Å². The Kier molecular flexibility index (Phi) is 4.22. The second-order valence-corrected chi connectivity index (χ2v) is 3.60. The molecule has 0 radical (unpaired) electrons. The number of nitrogens with two attached hydrogens (primary N) is 1. The SMILES string of the molecule is COc1ccc(C(CCN)C(F)(F)F)cc1O. The van der Waals surface area contributed by atoms with Crippen LogP contribution in [0.15, 0.2) is 18.2 Å².